The molecule has 0 aliphatic rings. The number of rotatable bonds is 7. The first kappa shape index (κ1) is 12.8. The second kappa shape index (κ2) is 6.97. The van der Waals surface area contributed by atoms with Crippen molar-refractivity contribution in [2.45, 2.75) is 25.8 Å². The highest BCUT2D eigenvalue weighted by Crippen LogP contribution is 2.17. The van der Waals surface area contributed by atoms with E-state index in [2.05, 4.69) is 52.1 Å². The summed E-state index contributed by atoms with van der Waals surface area (Å²) in [5, 5.41) is 3.48. The second-order valence-corrected chi connectivity index (χ2v) is 4.65. The Morgan fingerprint density at radius 3 is 2.78 bits per heavy atom. The van der Waals surface area contributed by atoms with E-state index in [4.69, 9.17) is 0 Å². The van der Waals surface area contributed by atoms with E-state index in [1.807, 2.05) is 18.7 Å². The van der Waals surface area contributed by atoms with Crippen molar-refractivity contribution < 1.29 is 0 Å². The van der Waals surface area contributed by atoms with E-state index in [1.165, 1.54) is 12.0 Å². The van der Waals surface area contributed by atoms with Crippen LogP contribution in [0.15, 0.2) is 49.1 Å². The lowest BCUT2D eigenvalue weighted by molar-refractivity contribution is 0.557. The maximum absolute atomic E-state index is 4.02. The van der Waals surface area contributed by atoms with E-state index in [1.54, 1.807) is 0 Å². The fraction of sp³-hybridized carbons (Fsp3) is 0.400. The van der Waals surface area contributed by atoms with Gasteiger partial charge in [-0.05, 0) is 24.4 Å². The largest absolute Gasteiger partial charge is 0.336 e. The van der Waals surface area contributed by atoms with Gasteiger partial charge >= 0.3 is 0 Å². The minimum atomic E-state index is 0.618. The molecule has 3 heteroatoms. The Morgan fingerprint density at radius 1 is 1.22 bits per heavy atom. The molecule has 96 valence electrons. The van der Waals surface area contributed by atoms with Gasteiger partial charge in [0, 0.05) is 25.5 Å². The summed E-state index contributed by atoms with van der Waals surface area (Å²) >= 11 is 0. The van der Waals surface area contributed by atoms with Gasteiger partial charge in [0.25, 0.3) is 0 Å². The summed E-state index contributed by atoms with van der Waals surface area (Å²) in [4.78, 5) is 4.02. The van der Waals surface area contributed by atoms with Crippen molar-refractivity contribution in [1.82, 2.24) is 14.9 Å². The lowest BCUT2D eigenvalue weighted by Crippen LogP contribution is -2.21. The van der Waals surface area contributed by atoms with Gasteiger partial charge in [0.2, 0.25) is 0 Å². The molecule has 0 aliphatic heterocycles. The van der Waals surface area contributed by atoms with Gasteiger partial charge in [-0.1, -0.05) is 37.3 Å². The topological polar surface area (TPSA) is 29.9 Å². The third-order valence-corrected chi connectivity index (χ3v) is 3.23. The summed E-state index contributed by atoms with van der Waals surface area (Å²) in [7, 11) is 0. The number of hydrogen-bond donors (Lipinski definition) is 1. The molecule has 0 saturated carbocycles. The summed E-state index contributed by atoms with van der Waals surface area (Å²) in [6.07, 6.45) is 6.84. The molecule has 0 amide bonds. The van der Waals surface area contributed by atoms with Gasteiger partial charge in [0.15, 0.2) is 0 Å². The third-order valence-electron chi connectivity index (χ3n) is 3.23. The fourth-order valence-corrected chi connectivity index (χ4v) is 2.02. The van der Waals surface area contributed by atoms with Crippen LogP contribution < -0.4 is 5.32 Å². The normalized spacial score (nSPS) is 12.5. The highest BCUT2D eigenvalue weighted by molar-refractivity contribution is 5.18. The molecule has 0 unspecified atom stereocenters. The van der Waals surface area contributed by atoms with Crippen LogP contribution in [0.2, 0.25) is 0 Å². The molecule has 2 aromatic rings. The Labute approximate surface area is 109 Å². The molecule has 1 atom stereocenters. The molecule has 0 radical (unpaired) electrons. The van der Waals surface area contributed by atoms with Crippen molar-refractivity contribution in [3.05, 3.63) is 54.6 Å². The summed E-state index contributed by atoms with van der Waals surface area (Å²) < 4.78 is 2.09. The van der Waals surface area contributed by atoms with E-state index < -0.39 is 0 Å². The van der Waals surface area contributed by atoms with Gasteiger partial charge in [-0.25, -0.2) is 4.98 Å². The number of imidazole rings is 1. The smallest absolute Gasteiger partial charge is 0.0946 e. The van der Waals surface area contributed by atoms with Crippen LogP contribution in [0.5, 0.6) is 0 Å². The first-order valence-corrected chi connectivity index (χ1v) is 6.57. The number of nitrogens with zero attached hydrogens (tertiary/aromatic N) is 2. The van der Waals surface area contributed by atoms with Gasteiger partial charge in [-0.2, -0.15) is 0 Å². The Morgan fingerprint density at radius 2 is 2.06 bits per heavy atom. The average molecular weight is 243 g/mol. The van der Waals surface area contributed by atoms with Crippen LogP contribution in [0, 0.1) is 0 Å². The van der Waals surface area contributed by atoms with Crippen LogP contribution in [0.25, 0.3) is 0 Å². The molecule has 0 saturated heterocycles. The van der Waals surface area contributed by atoms with Crippen LogP contribution in [-0.4, -0.2) is 22.6 Å². The molecule has 0 spiro atoms. The van der Waals surface area contributed by atoms with E-state index in [0.29, 0.717) is 5.92 Å². The molecule has 3 nitrogen and oxygen atoms in total. The van der Waals surface area contributed by atoms with Gasteiger partial charge in [-0.15, -0.1) is 0 Å². The van der Waals surface area contributed by atoms with E-state index in [0.717, 1.165) is 19.6 Å². The summed E-state index contributed by atoms with van der Waals surface area (Å²) in [6.45, 7) is 5.33. The van der Waals surface area contributed by atoms with Crippen molar-refractivity contribution in [2.24, 2.45) is 0 Å². The van der Waals surface area contributed by atoms with Gasteiger partial charge in [-0.3, -0.25) is 0 Å². The molecule has 1 heterocycles. The zero-order chi connectivity index (χ0) is 12.6. The molecule has 0 aliphatic carbocycles. The van der Waals surface area contributed by atoms with Crippen molar-refractivity contribution in [3.63, 3.8) is 0 Å². The molecule has 0 fully saturated rings. The maximum atomic E-state index is 4.02. The number of aromatic nitrogens is 2. The molecule has 1 N–H and O–H groups in total. The van der Waals surface area contributed by atoms with Gasteiger partial charge in [0.1, 0.15) is 0 Å². The Kier molecular flexibility index (Phi) is 4.97. The minimum absolute atomic E-state index is 0.618. The molecule has 0 bridgehead atoms. The number of benzene rings is 1. The SMILES string of the molecule is C[C@@H](CCNCCn1ccnc1)c1ccccc1. The summed E-state index contributed by atoms with van der Waals surface area (Å²) in [5.74, 6) is 0.618. The maximum Gasteiger partial charge on any atom is 0.0946 e. The van der Waals surface area contributed by atoms with Gasteiger partial charge in [0.05, 0.1) is 6.33 Å². The average Bonchev–Trinajstić information content (AvgIpc) is 2.92. The predicted molar refractivity (Wildman–Crippen MR) is 74.6 cm³/mol. The van der Waals surface area contributed by atoms with Crippen molar-refractivity contribution in [2.75, 3.05) is 13.1 Å². The fourth-order valence-electron chi connectivity index (χ4n) is 2.02. The van der Waals surface area contributed by atoms with Crippen LogP contribution in [0.3, 0.4) is 0 Å². The lowest BCUT2D eigenvalue weighted by Gasteiger charge is -2.12. The van der Waals surface area contributed by atoms with Crippen LogP contribution >= 0.6 is 0 Å². The van der Waals surface area contributed by atoms with Crippen LogP contribution in [-0.2, 0) is 6.54 Å². The molecule has 1 aromatic heterocycles. The van der Waals surface area contributed by atoms with Crippen LogP contribution in [0.1, 0.15) is 24.8 Å². The Bertz CT molecular complexity index is 422. The lowest BCUT2D eigenvalue weighted by atomic mass is 9.98. The molecule has 18 heavy (non-hydrogen) atoms. The second-order valence-electron chi connectivity index (χ2n) is 4.65. The Balaban J connectivity index is 1.61. The minimum Gasteiger partial charge on any atom is -0.336 e. The number of hydrogen-bond acceptors (Lipinski definition) is 2. The Hall–Kier alpha value is -1.61. The molecule has 2 rings (SSSR count). The van der Waals surface area contributed by atoms with E-state index in [9.17, 15) is 0 Å². The van der Waals surface area contributed by atoms with Crippen LogP contribution in [0.4, 0.5) is 0 Å². The predicted octanol–water partition coefficient (Wildman–Crippen LogP) is 2.67. The molecular formula is C15H21N3. The first-order valence-electron chi connectivity index (χ1n) is 6.57. The zero-order valence-corrected chi connectivity index (χ0v) is 10.9. The summed E-state index contributed by atoms with van der Waals surface area (Å²) in [6, 6.07) is 10.7. The summed E-state index contributed by atoms with van der Waals surface area (Å²) in [5.41, 5.74) is 1.42. The highest BCUT2D eigenvalue weighted by atomic mass is 15.0. The molecule has 1 aromatic carbocycles. The monoisotopic (exact) mass is 243 g/mol. The van der Waals surface area contributed by atoms with E-state index >= 15 is 0 Å². The number of nitrogens with one attached hydrogen (secondary N) is 1. The highest BCUT2D eigenvalue weighted by Gasteiger charge is 2.03. The zero-order valence-electron chi connectivity index (χ0n) is 10.9. The van der Waals surface area contributed by atoms with E-state index in [-0.39, 0.29) is 0 Å². The molecular weight excluding hydrogens is 222 g/mol. The third kappa shape index (κ3) is 4.00. The quantitative estimate of drug-likeness (QED) is 0.758. The standard InChI is InChI=1S/C15H21N3/c1-14(15-5-3-2-4-6-15)7-8-16-9-11-18-12-10-17-13-18/h2-6,10,12-14,16H,7-9,11H2,1H3/t14-/m0/s1. The first-order chi connectivity index (χ1) is 8.86. The van der Waals surface area contributed by atoms with Crippen molar-refractivity contribution in [1.29, 1.82) is 0 Å². The van der Waals surface area contributed by atoms with Gasteiger partial charge < -0.3 is 9.88 Å². The van der Waals surface area contributed by atoms with Crippen molar-refractivity contribution >= 4 is 0 Å². The van der Waals surface area contributed by atoms with Crippen molar-refractivity contribution in [3.8, 4) is 0 Å².